The van der Waals surface area contributed by atoms with E-state index in [4.69, 9.17) is 0 Å². The molecule has 5 heteroatoms. The molecule has 0 bridgehead atoms. The van der Waals surface area contributed by atoms with Crippen molar-refractivity contribution in [1.82, 2.24) is 20.6 Å². The lowest BCUT2D eigenvalue weighted by Gasteiger charge is -2.24. The summed E-state index contributed by atoms with van der Waals surface area (Å²) in [5.41, 5.74) is 3.03. The number of amides is 2. The van der Waals surface area contributed by atoms with Crippen LogP contribution < -0.4 is 10.6 Å². The van der Waals surface area contributed by atoms with Crippen LogP contribution >= 0.6 is 0 Å². The van der Waals surface area contributed by atoms with Gasteiger partial charge in [0, 0.05) is 16.9 Å². The number of rotatable bonds is 3. The number of hydrogen-bond donors (Lipinski definition) is 2. The fraction of sp³-hybridized carbons (Fsp3) is 0.389. The van der Waals surface area contributed by atoms with Gasteiger partial charge in [-0.2, -0.15) is 0 Å². The number of pyridine rings is 2. The molecule has 5 nitrogen and oxygen atoms in total. The molecule has 0 radical (unpaired) electrons. The van der Waals surface area contributed by atoms with Gasteiger partial charge >= 0.3 is 6.03 Å². The third kappa shape index (κ3) is 5.06. The van der Waals surface area contributed by atoms with E-state index in [-0.39, 0.29) is 11.6 Å². The molecule has 0 saturated carbocycles. The summed E-state index contributed by atoms with van der Waals surface area (Å²) in [5.74, 6) is 0. The first kappa shape index (κ1) is 16.9. The number of carbonyl (C=O) groups excluding carboxylic acids is 1. The van der Waals surface area contributed by atoms with E-state index in [0.717, 1.165) is 22.8 Å². The largest absolute Gasteiger partial charge is 0.334 e. The van der Waals surface area contributed by atoms with Crippen LogP contribution in [0.5, 0.6) is 0 Å². The van der Waals surface area contributed by atoms with Gasteiger partial charge in [0.2, 0.25) is 0 Å². The molecule has 2 aromatic heterocycles. The average molecular weight is 312 g/mol. The first-order valence-corrected chi connectivity index (χ1v) is 7.70. The van der Waals surface area contributed by atoms with E-state index in [0.29, 0.717) is 0 Å². The van der Waals surface area contributed by atoms with Gasteiger partial charge in [0.1, 0.15) is 6.04 Å². The van der Waals surface area contributed by atoms with E-state index in [9.17, 15) is 4.79 Å². The maximum atomic E-state index is 12.3. The zero-order valence-electron chi connectivity index (χ0n) is 14.3. The molecule has 2 rings (SSSR count). The van der Waals surface area contributed by atoms with Gasteiger partial charge in [-0.3, -0.25) is 9.97 Å². The highest BCUT2D eigenvalue weighted by Crippen LogP contribution is 2.19. The maximum absolute atomic E-state index is 12.3. The third-order valence-corrected chi connectivity index (χ3v) is 3.18. The summed E-state index contributed by atoms with van der Waals surface area (Å²) in [6.07, 6.45) is 0. The molecule has 0 aliphatic heterocycles. The van der Waals surface area contributed by atoms with Crippen molar-refractivity contribution in [3.63, 3.8) is 0 Å². The molecule has 0 fully saturated rings. The smallest absolute Gasteiger partial charge is 0.316 e. The van der Waals surface area contributed by atoms with Crippen molar-refractivity contribution in [2.75, 3.05) is 0 Å². The summed E-state index contributed by atoms with van der Waals surface area (Å²) in [7, 11) is 0. The van der Waals surface area contributed by atoms with Gasteiger partial charge in [0.15, 0.2) is 0 Å². The van der Waals surface area contributed by atoms with Crippen molar-refractivity contribution >= 4 is 6.03 Å². The maximum Gasteiger partial charge on any atom is 0.316 e. The van der Waals surface area contributed by atoms with Crippen molar-refractivity contribution in [2.24, 2.45) is 0 Å². The lowest BCUT2D eigenvalue weighted by Crippen LogP contribution is -2.47. The molecule has 2 amide bonds. The zero-order valence-corrected chi connectivity index (χ0v) is 14.3. The van der Waals surface area contributed by atoms with Gasteiger partial charge < -0.3 is 10.6 Å². The fourth-order valence-corrected chi connectivity index (χ4v) is 2.26. The SMILES string of the molecule is Cc1cccc(C(NC(=O)NC(C)(C)C)c2cccc(C)n2)n1. The molecule has 2 aromatic rings. The van der Waals surface area contributed by atoms with E-state index < -0.39 is 6.04 Å². The molecule has 2 N–H and O–H groups in total. The Morgan fingerprint density at radius 2 is 1.43 bits per heavy atom. The normalized spacial score (nSPS) is 11.4. The summed E-state index contributed by atoms with van der Waals surface area (Å²) in [5, 5.41) is 5.90. The molecule has 2 heterocycles. The standard InChI is InChI=1S/C18H24N4O/c1-12-8-6-10-14(19-12)16(15-11-7-9-13(2)20-15)21-17(23)22-18(3,4)5/h6-11,16H,1-5H3,(H2,21,22,23). The molecule has 0 aliphatic rings. The van der Waals surface area contributed by atoms with Gasteiger partial charge in [0.25, 0.3) is 0 Å². The zero-order chi connectivity index (χ0) is 17.0. The fourth-order valence-electron chi connectivity index (χ4n) is 2.26. The summed E-state index contributed by atoms with van der Waals surface area (Å²) in [6, 6.07) is 10.9. The quantitative estimate of drug-likeness (QED) is 0.914. The lowest BCUT2D eigenvalue weighted by atomic mass is 10.1. The van der Waals surface area contributed by atoms with Crippen LogP contribution in [0.25, 0.3) is 0 Å². The number of urea groups is 1. The molecular formula is C18H24N4O. The Morgan fingerprint density at radius 3 is 1.83 bits per heavy atom. The van der Waals surface area contributed by atoms with Crippen molar-refractivity contribution in [3.05, 3.63) is 59.2 Å². The van der Waals surface area contributed by atoms with Gasteiger partial charge in [-0.1, -0.05) is 12.1 Å². The van der Waals surface area contributed by atoms with Gasteiger partial charge in [0.05, 0.1) is 11.4 Å². The highest BCUT2D eigenvalue weighted by Gasteiger charge is 2.22. The van der Waals surface area contributed by atoms with E-state index >= 15 is 0 Å². The topological polar surface area (TPSA) is 66.9 Å². The third-order valence-electron chi connectivity index (χ3n) is 3.18. The van der Waals surface area contributed by atoms with Crippen LogP contribution in [0, 0.1) is 13.8 Å². The molecule has 0 aliphatic carbocycles. The summed E-state index contributed by atoms with van der Waals surface area (Å²) in [4.78, 5) is 21.4. The van der Waals surface area contributed by atoms with Crippen LogP contribution in [-0.4, -0.2) is 21.5 Å². The van der Waals surface area contributed by atoms with Gasteiger partial charge in [-0.25, -0.2) is 4.79 Å². The van der Waals surface area contributed by atoms with Crippen molar-refractivity contribution in [1.29, 1.82) is 0 Å². The van der Waals surface area contributed by atoms with Crippen LogP contribution in [0.3, 0.4) is 0 Å². The number of hydrogen-bond acceptors (Lipinski definition) is 3. The number of carbonyl (C=O) groups is 1. The monoisotopic (exact) mass is 312 g/mol. The second-order valence-corrected chi connectivity index (χ2v) is 6.69. The van der Waals surface area contributed by atoms with E-state index in [1.165, 1.54) is 0 Å². The Kier molecular flexibility index (Phi) is 4.98. The predicted molar refractivity (Wildman–Crippen MR) is 91.2 cm³/mol. The van der Waals surface area contributed by atoms with Crippen molar-refractivity contribution in [2.45, 2.75) is 46.2 Å². The van der Waals surface area contributed by atoms with E-state index in [1.807, 2.05) is 71.0 Å². The first-order valence-electron chi connectivity index (χ1n) is 7.70. The highest BCUT2D eigenvalue weighted by molar-refractivity contribution is 5.75. The molecule has 122 valence electrons. The number of aryl methyl sites for hydroxylation is 2. The minimum Gasteiger partial charge on any atom is -0.334 e. The molecule has 23 heavy (non-hydrogen) atoms. The van der Waals surface area contributed by atoms with E-state index in [2.05, 4.69) is 20.6 Å². The van der Waals surface area contributed by atoms with Crippen LogP contribution in [-0.2, 0) is 0 Å². The Morgan fingerprint density at radius 1 is 0.957 bits per heavy atom. The van der Waals surface area contributed by atoms with Crippen molar-refractivity contribution < 1.29 is 4.79 Å². The second kappa shape index (κ2) is 6.77. The Bertz CT molecular complexity index is 646. The van der Waals surface area contributed by atoms with E-state index in [1.54, 1.807) is 0 Å². The Balaban J connectivity index is 2.34. The van der Waals surface area contributed by atoms with Gasteiger partial charge in [-0.15, -0.1) is 0 Å². The Hall–Kier alpha value is -2.43. The highest BCUT2D eigenvalue weighted by atomic mass is 16.2. The Labute approximate surface area is 137 Å². The number of nitrogens with one attached hydrogen (secondary N) is 2. The molecular weight excluding hydrogens is 288 g/mol. The van der Waals surface area contributed by atoms with Crippen LogP contribution in [0.4, 0.5) is 4.79 Å². The minimum atomic E-state index is -0.392. The minimum absolute atomic E-state index is 0.242. The molecule has 0 aromatic carbocycles. The summed E-state index contributed by atoms with van der Waals surface area (Å²) < 4.78 is 0. The molecule has 0 spiro atoms. The molecule has 0 unspecified atom stereocenters. The summed E-state index contributed by atoms with van der Waals surface area (Å²) in [6.45, 7) is 9.69. The molecule has 0 atom stereocenters. The number of nitrogens with zero attached hydrogens (tertiary/aromatic N) is 2. The predicted octanol–water partition coefficient (Wildman–Crippen LogP) is 3.28. The van der Waals surface area contributed by atoms with Gasteiger partial charge in [-0.05, 0) is 58.9 Å². The second-order valence-electron chi connectivity index (χ2n) is 6.69. The number of aromatic nitrogens is 2. The lowest BCUT2D eigenvalue weighted by molar-refractivity contribution is 0.229. The molecule has 0 saturated heterocycles. The average Bonchev–Trinajstić information content (AvgIpc) is 2.43. The van der Waals surface area contributed by atoms with Crippen molar-refractivity contribution in [3.8, 4) is 0 Å². The van der Waals surface area contributed by atoms with Crippen LogP contribution in [0.15, 0.2) is 36.4 Å². The van der Waals surface area contributed by atoms with Crippen LogP contribution in [0.1, 0.15) is 49.6 Å². The van der Waals surface area contributed by atoms with Crippen LogP contribution in [0.2, 0.25) is 0 Å². The first-order chi connectivity index (χ1) is 10.7. The summed E-state index contributed by atoms with van der Waals surface area (Å²) >= 11 is 0.